The molecule has 0 aliphatic heterocycles. The molecule has 4 rings (SSSR count). The third kappa shape index (κ3) is 3.88. The van der Waals surface area contributed by atoms with E-state index in [2.05, 4.69) is 5.92 Å². The van der Waals surface area contributed by atoms with Crippen molar-refractivity contribution in [1.82, 2.24) is 0 Å². The minimum atomic E-state index is -3.73. The molecule has 2 saturated carbocycles. The van der Waals surface area contributed by atoms with E-state index < -0.39 is 37.4 Å². The molecule has 0 unspecified atom stereocenters. The van der Waals surface area contributed by atoms with Gasteiger partial charge in [0, 0.05) is 11.8 Å². The third-order valence-corrected chi connectivity index (χ3v) is 8.73. The van der Waals surface area contributed by atoms with Crippen LogP contribution in [0.15, 0.2) is 18.2 Å². The number of aliphatic hydroxyl groups is 1. The molecule has 7 nitrogen and oxygen atoms in total. The van der Waals surface area contributed by atoms with Crippen LogP contribution in [0.1, 0.15) is 49.7 Å². The highest BCUT2D eigenvalue weighted by Crippen LogP contribution is 2.64. The fourth-order valence-corrected chi connectivity index (χ4v) is 7.45. The Balaban J connectivity index is 1.78. The predicted octanol–water partition coefficient (Wildman–Crippen LogP) is 2.20. The zero-order chi connectivity index (χ0) is 22.8. The fraction of sp³-hybridized carbons (Fsp3) is 0.636. The summed E-state index contributed by atoms with van der Waals surface area (Å²) >= 11 is 0. The van der Waals surface area contributed by atoms with Crippen molar-refractivity contribution in [2.75, 3.05) is 12.5 Å². The molecule has 6 atom stereocenters. The molecule has 0 radical (unpaired) electrons. The van der Waals surface area contributed by atoms with Crippen LogP contribution in [-0.2, 0) is 30.8 Å². The molecule has 0 heterocycles. The Kier molecular flexibility index (Phi) is 5.25. The first kappa shape index (κ1) is 22.6. The van der Waals surface area contributed by atoms with Crippen LogP contribution in [-0.4, -0.2) is 46.2 Å². The summed E-state index contributed by atoms with van der Waals surface area (Å²) in [4.78, 5) is 0. The van der Waals surface area contributed by atoms with E-state index in [-0.39, 0.29) is 23.5 Å². The zero-order valence-corrected chi connectivity index (χ0v) is 19.5. The van der Waals surface area contributed by atoms with Crippen molar-refractivity contribution in [3.05, 3.63) is 29.3 Å². The van der Waals surface area contributed by atoms with Crippen molar-refractivity contribution in [2.45, 2.75) is 56.7 Å². The Hall–Kier alpha value is -1.60. The Labute approximate surface area is 184 Å². The van der Waals surface area contributed by atoms with Gasteiger partial charge in [-0.25, -0.2) is 0 Å². The lowest BCUT2D eigenvalue weighted by molar-refractivity contribution is -0.0847. The van der Waals surface area contributed by atoms with Crippen LogP contribution >= 0.6 is 0 Å². The van der Waals surface area contributed by atoms with Crippen molar-refractivity contribution >= 4 is 20.2 Å². The maximum absolute atomic E-state index is 12.1. The molecule has 0 amide bonds. The number of hydrogen-bond acceptors (Lipinski definition) is 7. The molecular weight excluding hydrogens is 440 g/mol. The van der Waals surface area contributed by atoms with Crippen LogP contribution in [0.2, 0.25) is 0 Å². The first-order chi connectivity index (χ1) is 14.3. The molecule has 1 aromatic rings. The largest absolute Gasteiger partial charge is 0.383 e. The van der Waals surface area contributed by atoms with Gasteiger partial charge in [0.1, 0.15) is 11.4 Å². The number of fused-ring (bicyclic) bond motifs is 5. The van der Waals surface area contributed by atoms with Crippen LogP contribution < -0.4 is 4.18 Å². The lowest BCUT2D eigenvalue weighted by atomic mass is 9.52. The summed E-state index contributed by atoms with van der Waals surface area (Å²) in [7, 11) is -7.41. The van der Waals surface area contributed by atoms with E-state index in [1.54, 1.807) is 12.1 Å². The van der Waals surface area contributed by atoms with E-state index in [1.807, 2.05) is 13.0 Å². The summed E-state index contributed by atoms with van der Waals surface area (Å²) in [5.41, 5.74) is 0.146. The van der Waals surface area contributed by atoms with Gasteiger partial charge in [-0.05, 0) is 66.7 Å². The maximum Gasteiger partial charge on any atom is 0.306 e. The standard InChI is InChI=1S/C22H28O7S2/c1-5-22(23)11-9-18-20-17(8-10-21(18,22)2)16-7-6-15(28-30(3,24)25)12-14(16)13-19(20)29-31(4,26)27/h1,6-7,12,17-20,23H,8-11,13H2,2-4H3/t17-,18+,19-,20-,21+,22+/m1/s1. The second-order valence-corrected chi connectivity index (χ2v) is 12.7. The second-order valence-electron chi connectivity index (χ2n) is 9.48. The molecule has 9 heteroatoms. The third-order valence-electron chi connectivity index (χ3n) is 7.63. The minimum absolute atomic E-state index is 0.0131. The van der Waals surface area contributed by atoms with E-state index in [4.69, 9.17) is 14.8 Å². The smallest absolute Gasteiger partial charge is 0.306 e. The van der Waals surface area contributed by atoms with Gasteiger partial charge in [0.05, 0.1) is 18.6 Å². The highest BCUT2D eigenvalue weighted by molar-refractivity contribution is 7.86. The van der Waals surface area contributed by atoms with E-state index >= 15 is 0 Å². The van der Waals surface area contributed by atoms with Gasteiger partial charge in [-0.15, -0.1) is 6.42 Å². The van der Waals surface area contributed by atoms with Gasteiger partial charge in [0.15, 0.2) is 0 Å². The van der Waals surface area contributed by atoms with Crippen LogP contribution in [0.4, 0.5) is 0 Å². The lowest BCUT2D eigenvalue weighted by Gasteiger charge is -2.53. The normalized spacial score (nSPS) is 37.3. The van der Waals surface area contributed by atoms with E-state index in [9.17, 15) is 21.9 Å². The summed E-state index contributed by atoms with van der Waals surface area (Å²) in [5.74, 6) is 2.73. The molecule has 2 fully saturated rings. The quantitative estimate of drug-likeness (QED) is 0.533. The average Bonchev–Trinajstić information content (AvgIpc) is 2.90. The summed E-state index contributed by atoms with van der Waals surface area (Å²) in [6.07, 6.45) is 10.0. The van der Waals surface area contributed by atoms with Gasteiger partial charge < -0.3 is 9.29 Å². The van der Waals surface area contributed by atoms with E-state index in [0.29, 0.717) is 25.7 Å². The Bertz CT molecular complexity index is 1150. The lowest BCUT2D eigenvalue weighted by Crippen LogP contribution is -2.53. The molecule has 170 valence electrons. The van der Waals surface area contributed by atoms with Crippen LogP contribution in [0, 0.1) is 29.6 Å². The molecular formula is C22H28O7S2. The van der Waals surface area contributed by atoms with Crippen molar-refractivity contribution in [2.24, 2.45) is 17.3 Å². The van der Waals surface area contributed by atoms with Gasteiger partial charge >= 0.3 is 10.1 Å². The number of rotatable bonds is 4. The summed E-state index contributed by atoms with van der Waals surface area (Å²) < 4.78 is 57.8. The molecule has 0 bridgehead atoms. The second kappa shape index (κ2) is 7.20. The van der Waals surface area contributed by atoms with Gasteiger partial charge in [0.2, 0.25) is 0 Å². The Morgan fingerprint density at radius 1 is 1.13 bits per heavy atom. The van der Waals surface area contributed by atoms with E-state index in [1.165, 1.54) is 0 Å². The zero-order valence-electron chi connectivity index (χ0n) is 17.9. The van der Waals surface area contributed by atoms with Crippen LogP contribution in [0.3, 0.4) is 0 Å². The average molecular weight is 469 g/mol. The fourth-order valence-electron chi connectivity index (χ4n) is 6.35. The van der Waals surface area contributed by atoms with Gasteiger partial charge in [-0.2, -0.15) is 16.8 Å². The summed E-state index contributed by atoms with van der Waals surface area (Å²) in [6.45, 7) is 2.01. The summed E-state index contributed by atoms with van der Waals surface area (Å²) in [6, 6.07) is 5.16. The number of terminal acetylenes is 1. The molecule has 0 saturated heterocycles. The first-order valence-electron chi connectivity index (χ1n) is 10.4. The monoisotopic (exact) mass is 468 g/mol. The number of hydrogen-bond donors (Lipinski definition) is 1. The number of benzene rings is 1. The molecule has 1 aromatic carbocycles. The van der Waals surface area contributed by atoms with Crippen molar-refractivity contribution in [3.8, 4) is 18.1 Å². The topological polar surface area (TPSA) is 107 Å². The molecule has 3 aliphatic rings. The Morgan fingerprint density at radius 2 is 1.84 bits per heavy atom. The van der Waals surface area contributed by atoms with Gasteiger partial charge in [0.25, 0.3) is 10.1 Å². The summed E-state index contributed by atoms with van der Waals surface area (Å²) in [5, 5.41) is 11.1. The highest BCUT2D eigenvalue weighted by atomic mass is 32.2. The first-order valence-corrected chi connectivity index (χ1v) is 14.0. The van der Waals surface area contributed by atoms with Crippen LogP contribution in [0.5, 0.6) is 5.75 Å². The highest BCUT2D eigenvalue weighted by Gasteiger charge is 2.63. The van der Waals surface area contributed by atoms with Gasteiger partial charge in [-0.3, -0.25) is 4.18 Å². The molecule has 31 heavy (non-hydrogen) atoms. The van der Waals surface area contributed by atoms with Gasteiger partial charge in [-0.1, -0.05) is 18.9 Å². The van der Waals surface area contributed by atoms with Crippen molar-refractivity contribution < 1.29 is 30.3 Å². The van der Waals surface area contributed by atoms with E-state index in [0.717, 1.165) is 30.1 Å². The molecule has 3 aliphatic carbocycles. The molecule has 0 spiro atoms. The van der Waals surface area contributed by atoms with Crippen molar-refractivity contribution in [3.63, 3.8) is 0 Å². The Morgan fingerprint density at radius 3 is 2.45 bits per heavy atom. The predicted molar refractivity (Wildman–Crippen MR) is 115 cm³/mol. The van der Waals surface area contributed by atoms with Crippen LogP contribution in [0.25, 0.3) is 0 Å². The van der Waals surface area contributed by atoms with Crippen molar-refractivity contribution in [1.29, 1.82) is 0 Å². The maximum atomic E-state index is 12.1. The minimum Gasteiger partial charge on any atom is -0.383 e. The molecule has 0 aromatic heterocycles. The SMILES string of the molecule is C#C[C@]1(O)CC[C@H]2[C@H]3[C@H](CC[C@@]21C)c1ccc(OS(C)(=O)=O)cc1C[C@H]3OS(C)(=O)=O. The molecule has 1 N–H and O–H groups in total.